The zero-order valence-electron chi connectivity index (χ0n) is 9.06. The lowest BCUT2D eigenvalue weighted by molar-refractivity contribution is 0.0697. The number of furan rings is 1. The van der Waals surface area contributed by atoms with Gasteiger partial charge >= 0.3 is 5.97 Å². The molecular weight excluding hydrogens is 280 g/mol. The summed E-state index contributed by atoms with van der Waals surface area (Å²) in [6, 6.07) is 2.82. The van der Waals surface area contributed by atoms with E-state index in [1.54, 1.807) is 6.92 Å². The van der Waals surface area contributed by atoms with E-state index in [0.717, 1.165) is 11.5 Å². The fraction of sp³-hybridized carbons (Fsp3) is 0.100. The molecule has 6 nitrogen and oxygen atoms in total. The van der Waals surface area contributed by atoms with Crippen LogP contribution >= 0.6 is 23.1 Å². The monoisotopic (exact) mass is 286 g/mol. The number of amides is 1. The number of carbonyl (C=O) groups is 2. The van der Waals surface area contributed by atoms with Crippen LogP contribution in [0.1, 0.15) is 26.6 Å². The van der Waals surface area contributed by atoms with Crippen molar-refractivity contribution in [1.82, 2.24) is 4.37 Å². The minimum Gasteiger partial charge on any atom is -0.478 e. The van der Waals surface area contributed by atoms with Crippen molar-refractivity contribution >= 4 is 40.0 Å². The molecule has 0 unspecified atom stereocenters. The van der Waals surface area contributed by atoms with Crippen molar-refractivity contribution in [2.45, 2.75) is 6.92 Å². The third kappa shape index (κ3) is 2.36. The molecule has 0 aromatic carbocycles. The SMILES string of the molecule is Cc1nsc(NC(=O)c2ccc(Cl)o2)c1C(=O)O. The smallest absolute Gasteiger partial charge is 0.340 e. The molecule has 0 aliphatic rings. The number of anilines is 1. The first-order chi connectivity index (χ1) is 8.49. The Morgan fingerprint density at radius 3 is 2.78 bits per heavy atom. The highest BCUT2D eigenvalue weighted by atomic mass is 35.5. The van der Waals surface area contributed by atoms with Gasteiger partial charge in [0.25, 0.3) is 5.91 Å². The third-order valence-electron chi connectivity index (χ3n) is 2.10. The highest BCUT2D eigenvalue weighted by Crippen LogP contribution is 2.25. The molecule has 0 fully saturated rings. The fourth-order valence-electron chi connectivity index (χ4n) is 1.31. The average Bonchev–Trinajstić information content (AvgIpc) is 2.85. The van der Waals surface area contributed by atoms with Crippen molar-refractivity contribution in [3.05, 3.63) is 34.4 Å². The van der Waals surface area contributed by atoms with E-state index in [9.17, 15) is 9.59 Å². The Hall–Kier alpha value is -1.86. The van der Waals surface area contributed by atoms with E-state index in [2.05, 4.69) is 9.69 Å². The van der Waals surface area contributed by atoms with Gasteiger partial charge in [-0.3, -0.25) is 4.79 Å². The van der Waals surface area contributed by atoms with Gasteiger partial charge in [-0.05, 0) is 42.2 Å². The van der Waals surface area contributed by atoms with E-state index in [4.69, 9.17) is 21.1 Å². The number of hydrogen-bond donors (Lipinski definition) is 2. The number of carboxylic acids is 1. The molecule has 0 radical (unpaired) electrons. The van der Waals surface area contributed by atoms with Crippen LogP contribution in [-0.2, 0) is 0 Å². The first-order valence-corrected chi connectivity index (χ1v) is 5.90. The number of nitrogens with one attached hydrogen (secondary N) is 1. The predicted octanol–water partition coefficient (Wildman–Crippen LogP) is 2.65. The summed E-state index contributed by atoms with van der Waals surface area (Å²) in [5.41, 5.74) is 0.325. The molecule has 2 rings (SSSR count). The van der Waals surface area contributed by atoms with Crippen LogP contribution in [0.3, 0.4) is 0 Å². The number of aryl methyl sites for hydroxylation is 1. The molecule has 8 heteroatoms. The largest absolute Gasteiger partial charge is 0.478 e. The van der Waals surface area contributed by atoms with Crippen molar-refractivity contribution in [2.24, 2.45) is 0 Å². The molecule has 0 saturated carbocycles. The number of rotatable bonds is 3. The molecule has 0 aliphatic carbocycles. The second-order valence-electron chi connectivity index (χ2n) is 3.34. The standard InChI is InChI=1S/C10H7ClN2O4S/c1-4-7(10(15)16)9(18-13-4)12-8(14)5-2-3-6(11)17-5/h2-3H,1H3,(H,12,14)(H,15,16). The lowest BCUT2D eigenvalue weighted by Crippen LogP contribution is -2.12. The quantitative estimate of drug-likeness (QED) is 0.905. The van der Waals surface area contributed by atoms with Gasteiger partial charge in [-0.2, -0.15) is 4.37 Å². The first-order valence-electron chi connectivity index (χ1n) is 4.75. The maximum Gasteiger partial charge on any atom is 0.340 e. The van der Waals surface area contributed by atoms with Gasteiger partial charge in [0.05, 0.1) is 5.69 Å². The zero-order chi connectivity index (χ0) is 13.3. The zero-order valence-corrected chi connectivity index (χ0v) is 10.6. The van der Waals surface area contributed by atoms with Gasteiger partial charge in [0.2, 0.25) is 0 Å². The summed E-state index contributed by atoms with van der Waals surface area (Å²) >= 11 is 6.44. The van der Waals surface area contributed by atoms with Crippen LogP contribution in [0.2, 0.25) is 5.22 Å². The number of nitrogens with zero attached hydrogens (tertiary/aromatic N) is 1. The highest BCUT2D eigenvalue weighted by molar-refractivity contribution is 7.11. The van der Waals surface area contributed by atoms with Crippen LogP contribution in [0.4, 0.5) is 5.00 Å². The lowest BCUT2D eigenvalue weighted by Gasteiger charge is -2.00. The van der Waals surface area contributed by atoms with Crippen molar-refractivity contribution < 1.29 is 19.1 Å². The minimum absolute atomic E-state index is 0.00221. The van der Waals surface area contributed by atoms with Gasteiger partial charge in [-0.1, -0.05) is 0 Å². The lowest BCUT2D eigenvalue weighted by atomic mass is 10.2. The van der Waals surface area contributed by atoms with Crippen molar-refractivity contribution in [3.63, 3.8) is 0 Å². The van der Waals surface area contributed by atoms with Crippen LogP contribution in [0.25, 0.3) is 0 Å². The summed E-state index contributed by atoms with van der Waals surface area (Å²) in [5.74, 6) is -1.72. The Bertz CT molecular complexity index is 619. The van der Waals surface area contributed by atoms with E-state index < -0.39 is 11.9 Å². The van der Waals surface area contributed by atoms with Crippen LogP contribution in [0.15, 0.2) is 16.5 Å². The van der Waals surface area contributed by atoms with Gasteiger partial charge < -0.3 is 14.8 Å². The summed E-state index contributed by atoms with van der Waals surface area (Å²) in [7, 11) is 0. The number of aromatic nitrogens is 1. The molecule has 2 aromatic rings. The van der Waals surface area contributed by atoms with E-state index >= 15 is 0 Å². The van der Waals surface area contributed by atoms with Gasteiger partial charge in [-0.15, -0.1) is 0 Å². The highest BCUT2D eigenvalue weighted by Gasteiger charge is 2.20. The summed E-state index contributed by atoms with van der Waals surface area (Å²) in [6.45, 7) is 1.55. The molecule has 0 atom stereocenters. The minimum atomic E-state index is -1.14. The molecule has 2 N–H and O–H groups in total. The van der Waals surface area contributed by atoms with E-state index in [-0.39, 0.29) is 21.5 Å². The second-order valence-corrected chi connectivity index (χ2v) is 4.48. The van der Waals surface area contributed by atoms with E-state index in [1.807, 2.05) is 0 Å². The predicted molar refractivity (Wildman–Crippen MR) is 65.5 cm³/mol. The Balaban J connectivity index is 2.25. The average molecular weight is 287 g/mol. The number of carbonyl (C=O) groups excluding carboxylic acids is 1. The van der Waals surface area contributed by atoms with Gasteiger partial charge in [0.15, 0.2) is 11.0 Å². The number of halogens is 1. The molecular formula is C10H7ClN2O4S. The molecule has 2 aromatic heterocycles. The van der Waals surface area contributed by atoms with Gasteiger partial charge in [0.1, 0.15) is 10.6 Å². The Kier molecular flexibility index (Phi) is 3.35. The van der Waals surface area contributed by atoms with Crippen molar-refractivity contribution in [2.75, 3.05) is 5.32 Å². The van der Waals surface area contributed by atoms with E-state index in [0.29, 0.717) is 5.69 Å². The fourth-order valence-corrected chi connectivity index (χ4v) is 2.24. The van der Waals surface area contributed by atoms with Gasteiger partial charge in [-0.25, -0.2) is 4.79 Å². The number of hydrogen-bond acceptors (Lipinski definition) is 5. The summed E-state index contributed by atoms with van der Waals surface area (Å²) < 4.78 is 8.79. The van der Waals surface area contributed by atoms with Crippen LogP contribution in [0.5, 0.6) is 0 Å². The Morgan fingerprint density at radius 2 is 2.22 bits per heavy atom. The van der Waals surface area contributed by atoms with Gasteiger partial charge in [0, 0.05) is 0 Å². The van der Waals surface area contributed by atoms with Crippen molar-refractivity contribution in [3.8, 4) is 0 Å². The normalized spacial score (nSPS) is 10.3. The molecule has 2 heterocycles. The molecule has 1 amide bonds. The molecule has 94 valence electrons. The number of carboxylic acid groups (broad SMARTS) is 1. The molecule has 18 heavy (non-hydrogen) atoms. The molecule has 0 spiro atoms. The maximum absolute atomic E-state index is 11.7. The first kappa shape index (κ1) is 12.6. The van der Waals surface area contributed by atoms with Crippen LogP contribution in [0, 0.1) is 6.92 Å². The summed E-state index contributed by atoms with van der Waals surface area (Å²) in [6.07, 6.45) is 0. The summed E-state index contributed by atoms with van der Waals surface area (Å²) in [4.78, 5) is 22.7. The summed E-state index contributed by atoms with van der Waals surface area (Å²) in [5, 5.41) is 11.7. The Labute approximate surface area is 110 Å². The topological polar surface area (TPSA) is 92.4 Å². The van der Waals surface area contributed by atoms with Crippen molar-refractivity contribution in [1.29, 1.82) is 0 Å². The molecule has 0 aliphatic heterocycles. The second kappa shape index (κ2) is 4.79. The molecule has 0 bridgehead atoms. The molecule has 0 saturated heterocycles. The van der Waals surface area contributed by atoms with Crippen LogP contribution < -0.4 is 5.32 Å². The van der Waals surface area contributed by atoms with Crippen LogP contribution in [-0.4, -0.2) is 21.4 Å². The van der Waals surface area contributed by atoms with E-state index in [1.165, 1.54) is 12.1 Å². The third-order valence-corrected chi connectivity index (χ3v) is 3.16. The maximum atomic E-state index is 11.7. The Morgan fingerprint density at radius 1 is 1.50 bits per heavy atom. The number of aromatic carboxylic acids is 1.